The smallest absolute Gasteiger partial charge is 0.243 e. The molecule has 0 radical (unpaired) electrons. The summed E-state index contributed by atoms with van der Waals surface area (Å²) < 4.78 is 32.1. The number of anilines is 1. The Morgan fingerprint density at radius 1 is 1.45 bits per heavy atom. The van der Waals surface area contributed by atoms with Crippen molar-refractivity contribution in [1.82, 2.24) is 4.31 Å². The van der Waals surface area contributed by atoms with Crippen molar-refractivity contribution in [2.45, 2.75) is 37.3 Å². The lowest BCUT2D eigenvalue weighted by atomic mass is 10.2. The van der Waals surface area contributed by atoms with Crippen molar-refractivity contribution in [2.75, 3.05) is 19.4 Å². The van der Waals surface area contributed by atoms with E-state index >= 15 is 0 Å². The Hall–Kier alpha value is -0.820. The fraction of sp³-hybridized carbons (Fsp3) is 0.538. The monoisotopic (exact) mass is 318 g/mol. The van der Waals surface area contributed by atoms with Crippen LogP contribution < -0.4 is 5.73 Å². The average molecular weight is 319 g/mol. The first-order chi connectivity index (χ1) is 9.25. The zero-order valence-electron chi connectivity index (χ0n) is 11.8. The number of nitrogen functional groups attached to an aromatic ring is 1. The molecular formula is C13H19ClN2O3S. The Morgan fingerprint density at radius 2 is 2.10 bits per heavy atom. The summed E-state index contributed by atoms with van der Waals surface area (Å²) in [6.45, 7) is 4.20. The van der Waals surface area contributed by atoms with E-state index in [1.165, 1.54) is 16.4 Å². The van der Waals surface area contributed by atoms with Gasteiger partial charge in [-0.05, 0) is 38.0 Å². The largest absolute Gasteiger partial charge is 0.398 e. The van der Waals surface area contributed by atoms with Gasteiger partial charge in [0.05, 0.1) is 17.0 Å². The van der Waals surface area contributed by atoms with Crippen LogP contribution in [0.15, 0.2) is 17.0 Å². The van der Waals surface area contributed by atoms with E-state index in [1.54, 1.807) is 14.0 Å². The van der Waals surface area contributed by atoms with Crippen molar-refractivity contribution in [2.24, 2.45) is 0 Å². The van der Waals surface area contributed by atoms with Crippen LogP contribution in [0.2, 0.25) is 5.02 Å². The maximum Gasteiger partial charge on any atom is 0.243 e. The first-order valence-corrected chi connectivity index (χ1v) is 8.22. The van der Waals surface area contributed by atoms with E-state index in [2.05, 4.69) is 0 Å². The van der Waals surface area contributed by atoms with Gasteiger partial charge >= 0.3 is 0 Å². The van der Waals surface area contributed by atoms with Crippen LogP contribution in [-0.2, 0) is 14.8 Å². The summed E-state index contributed by atoms with van der Waals surface area (Å²) in [5.74, 6) is 0. The van der Waals surface area contributed by atoms with Gasteiger partial charge in [0, 0.05) is 24.4 Å². The zero-order valence-corrected chi connectivity index (χ0v) is 13.3. The van der Waals surface area contributed by atoms with Gasteiger partial charge in [-0.15, -0.1) is 0 Å². The van der Waals surface area contributed by atoms with Crippen LogP contribution in [0.25, 0.3) is 0 Å². The molecule has 20 heavy (non-hydrogen) atoms. The quantitative estimate of drug-likeness (QED) is 0.865. The highest BCUT2D eigenvalue weighted by molar-refractivity contribution is 7.89. The molecule has 112 valence electrons. The first kappa shape index (κ1) is 15.6. The van der Waals surface area contributed by atoms with E-state index in [-0.39, 0.29) is 17.0 Å². The minimum Gasteiger partial charge on any atom is -0.398 e. The number of ether oxygens (including phenoxy) is 1. The molecule has 0 aromatic heterocycles. The lowest BCUT2D eigenvalue weighted by Gasteiger charge is -2.26. The molecule has 2 unspecified atom stereocenters. The molecule has 0 amide bonds. The minimum absolute atomic E-state index is 0.118. The molecule has 1 heterocycles. The Labute approximate surface area is 124 Å². The molecule has 0 aliphatic carbocycles. The van der Waals surface area contributed by atoms with Gasteiger partial charge in [-0.3, -0.25) is 0 Å². The molecular weight excluding hydrogens is 300 g/mol. The third-order valence-corrected chi connectivity index (χ3v) is 6.09. The van der Waals surface area contributed by atoms with Crippen LogP contribution in [0.1, 0.15) is 18.9 Å². The summed E-state index contributed by atoms with van der Waals surface area (Å²) in [6.07, 6.45) is 0.569. The van der Waals surface area contributed by atoms with Gasteiger partial charge in [-0.1, -0.05) is 11.6 Å². The van der Waals surface area contributed by atoms with E-state index in [0.717, 1.165) is 0 Å². The number of likely N-dealkylation sites (N-methyl/N-ethyl adjacent to an activating group) is 1. The Balaban J connectivity index is 2.40. The van der Waals surface area contributed by atoms with Crippen molar-refractivity contribution < 1.29 is 13.2 Å². The average Bonchev–Trinajstić information content (AvgIpc) is 2.80. The van der Waals surface area contributed by atoms with Crippen LogP contribution in [0, 0.1) is 6.92 Å². The number of hydrogen-bond donors (Lipinski definition) is 1. The minimum atomic E-state index is -3.63. The number of sulfonamides is 1. The molecule has 2 rings (SSSR count). The summed E-state index contributed by atoms with van der Waals surface area (Å²) in [5.41, 5.74) is 6.87. The third kappa shape index (κ3) is 2.65. The lowest BCUT2D eigenvalue weighted by Crippen LogP contribution is -2.40. The van der Waals surface area contributed by atoms with E-state index in [9.17, 15) is 8.42 Å². The van der Waals surface area contributed by atoms with Gasteiger partial charge in [0.25, 0.3) is 0 Å². The van der Waals surface area contributed by atoms with Crippen LogP contribution in [-0.4, -0.2) is 38.5 Å². The van der Waals surface area contributed by atoms with Gasteiger partial charge in [-0.2, -0.15) is 4.31 Å². The maximum atomic E-state index is 12.6. The van der Waals surface area contributed by atoms with Gasteiger partial charge < -0.3 is 10.5 Å². The second-order valence-electron chi connectivity index (χ2n) is 5.07. The van der Waals surface area contributed by atoms with Crippen molar-refractivity contribution in [3.05, 3.63) is 22.7 Å². The maximum absolute atomic E-state index is 12.6. The van der Waals surface area contributed by atoms with E-state index in [0.29, 0.717) is 29.3 Å². The predicted octanol–water partition coefficient (Wildman–Crippen LogP) is 2.03. The molecule has 1 aliphatic rings. The molecule has 2 atom stereocenters. The Bertz CT molecular complexity index is 595. The Morgan fingerprint density at radius 3 is 2.60 bits per heavy atom. The van der Waals surface area contributed by atoms with Crippen LogP contribution in [0.3, 0.4) is 0 Å². The second-order valence-corrected chi connectivity index (χ2v) is 7.48. The van der Waals surface area contributed by atoms with Crippen LogP contribution >= 0.6 is 11.6 Å². The number of hydrogen-bond acceptors (Lipinski definition) is 4. The van der Waals surface area contributed by atoms with Gasteiger partial charge in [-0.25, -0.2) is 8.42 Å². The zero-order chi connectivity index (χ0) is 15.1. The number of halogens is 1. The predicted molar refractivity (Wildman–Crippen MR) is 79.4 cm³/mol. The molecule has 1 fully saturated rings. The highest BCUT2D eigenvalue weighted by Gasteiger charge is 2.35. The molecule has 1 saturated heterocycles. The summed E-state index contributed by atoms with van der Waals surface area (Å²) in [6, 6.07) is 2.73. The summed E-state index contributed by atoms with van der Waals surface area (Å²) in [7, 11) is -2.06. The van der Waals surface area contributed by atoms with Crippen molar-refractivity contribution >= 4 is 27.3 Å². The van der Waals surface area contributed by atoms with Crippen molar-refractivity contribution in [3.8, 4) is 0 Å². The Kier molecular flexibility index (Phi) is 4.30. The van der Waals surface area contributed by atoms with Crippen molar-refractivity contribution in [3.63, 3.8) is 0 Å². The fourth-order valence-corrected chi connectivity index (χ4v) is 4.17. The molecule has 0 spiro atoms. The molecule has 1 aromatic carbocycles. The number of rotatable bonds is 3. The number of nitrogens with zero attached hydrogens (tertiary/aromatic N) is 1. The topological polar surface area (TPSA) is 72.6 Å². The SMILES string of the molecule is Cc1c(N)cc(S(=O)(=O)N(C)C2CCOC2C)cc1Cl. The van der Waals surface area contributed by atoms with E-state index in [4.69, 9.17) is 22.1 Å². The second kappa shape index (κ2) is 5.52. The first-order valence-electron chi connectivity index (χ1n) is 6.40. The molecule has 7 heteroatoms. The summed E-state index contributed by atoms with van der Waals surface area (Å²) in [5, 5.41) is 0.354. The normalized spacial score (nSPS) is 23.4. The van der Waals surface area contributed by atoms with Crippen LogP contribution in [0.4, 0.5) is 5.69 Å². The molecule has 1 aromatic rings. The van der Waals surface area contributed by atoms with Crippen molar-refractivity contribution in [1.29, 1.82) is 0 Å². The summed E-state index contributed by atoms with van der Waals surface area (Å²) >= 11 is 6.03. The summed E-state index contributed by atoms with van der Waals surface area (Å²) in [4.78, 5) is 0.118. The lowest BCUT2D eigenvalue weighted by molar-refractivity contribution is 0.102. The highest BCUT2D eigenvalue weighted by atomic mass is 35.5. The van der Waals surface area contributed by atoms with Gasteiger partial charge in [0.15, 0.2) is 0 Å². The number of nitrogens with two attached hydrogens (primary N) is 1. The molecule has 0 bridgehead atoms. The van der Waals surface area contributed by atoms with E-state index in [1.807, 2.05) is 6.92 Å². The molecule has 2 N–H and O–H groups in total. The molecule has 0 saturated carbocycles. The molecule has 5 nitrogen and oxygen atoms in total. The standard InChI is InChI=1S/C13H19ClN2O3S/c1-8-11(14)6-10(7-12(8)15)20(17,18)16(3)13-4-5-19-9(13)2/h6-7,9,13H,4-5,15H2,1-3H3. The number of benzene rings is 1. The fourth-order valence-electron chi connectivity index (χ4n) is 2.37. The van der Waals surface area contributed by atoms with E-state index < -0.39 is 10.0 Å². The van der Waals surface area contributed by atoms with Gasteiger partial charge in [0.1, 0.15) is 0 Å². The van der Waals surface area contributed by atoms with Crippen LogP contribution in [0.5, 0.6) is 0 Å². The van der Waals surface area contributed by atoms with Gasteiger partial charge in [0.2, 0.25) is 10.0 Å². The molecule has 1 aliphatic heterocycles. The third-order valence-electron chi connectivity index (χ3n) is 3.84. The highest BCUT2D eigenvalue weighted by Crippen LogP contribution is 2.30.